The Balaban J connectivity index is 2.67. The van der Waals surface area contributed by atoms with Crippen LogP contribution in [0.2, 0.25) is 0 Å². The molecule has 0 aromatic heterocycles. The lowest BCUT2D eigenvalue weighted by Gasteiger charge is -2.26. The van der Waals surface area contributed by atoms with E-state index in [9.17, 15) is 5.11 Å². The Hall–Kier alpha value is -1.22. The van der Waals surface area contributed by atoms with Crippen molar-refractivity contribution in [3.05, 3.63) is 23.8 Å². The molecule has 1 aromatic carbocycles. The van der Waals surface area contributed by atoms with Gasteiger partial charge in [-0.15, -0.1) is 0 Å². The van der Waals surface area contributed by atoms with E-state index in [0.29, 0.717) is 6.54 Å². The van der Waals surface area contributed by atoms with E-state index in [0.717, 1.165) is 29.8 Å². The number of hydrogen-bond donors (Lipinski definition) is 3. The van der Waals surface area contributed by atoms with E-state index in [1.54, 1.807) is 0 Å². The number of nitrogen functional groups attached to an aromatic ring is 1. The van der Waals surface area contributed by atoms with Crippen molar-refractivity contribution < 1.29 is 5.11 Å². The van der Waals surface area contributed by atoms with Crippen LogP contribution in [0.4, 0.5) is 11.4 Å². The van der Waals surface area contributed by atoms with Crippen molar-refractivity contribution in [3.8, 4) is 0 Å². The zero-order valence-electron chi connectivity index (χ0n) is 10.4. The Bertz CT molecular complexity index is 346. The summed E-state index contributed by atoms with van der Waals surface area (Å²) in [5.41, 5.74) is 7.98. The Morgan fingerprint density at radius 1 is 1.31 bits per heavy atom. The average molecular weight is 222 g/mol. The third-order valence-electron chi connectivity index (χ3n) is 3.17. The summed E-state index contributed by atoms with van der Waals surface area (Å²) >= 11 is 0. The van der Waals surface area contributed by atoms with Gasteiger partial charge >= 0.3 is 0 Å². The molecule has 0 aliphatic heterocycles. The summed E-state index contributed by atoms with van der Waals surface area (Å²) in [7, 11) is 0. The van der Waals surface area contributed by atoms with Crippen molar-refractivity contribution in [3.63, 3.8) is 0 Å². The highest BCUT2D eigenvalue weighted by atomic mass is 16.3. The summed E-state index contributed by atoms with van der Waals surface area (Å²) in [4.78, 5) is 0. The lowest BCUT2D eigenvalue weighted by molar-refractivity contribution is 0.0457. The molecule has 0 spiro atoms. The molecule has 0 amide bonds. The van der Waals surface area contributed by atoms with E-state index in [1.807, 2.05) is 39.0 Å². The zero-order chi connectivity index (χ0) is 12.2. The van der Waals surface area contributed by atoms with Gasteiger partial charge in [-0.3, -0.25) is 0 Å². The van der Waals surface area contributed by atoms with E-state index < -0.39 is 5.60 Å². The van der Waals surface area contributed by atoms with Gasteiger partial charge in [-0.05, 0) is 43.5 Å². The van der Waals surface area contributed by atoms with Crippen molar-refractivity contribution in [1.82, 2.24) is 0 Å². The zero-order valence-corrected chi connectivity index (χ0v) is 10.4. The fraction of sp³-hybridized carbons (Fsp3) is 0.538. The molecule has 0 fully saturated rings. The fourth-order valence-electron chi connectivity index (χ4n) is 1.64. The lowest BCUT2D eigenvalue weighted by atomic mass is 9.97. The van der Waals surface area contributed by atoms with Crippen molar-refractivity contribution >= 4 is 11.4 Å². The third kappa shape index (κ3) is 3.14. The summed E-state index contributed by atoms with van der Waals surface area (Å²) in [5.74, 6) is 0. The van der Waals surface area contributed by atoms with Crippen molar-refractivity contribution in [1.29, 1.82) is 0 Å². The molecule has 0 saturated carbocycles. The maximum Gasteiger partial charge on any atom is 0.0814 e. The molecule has 0 radical (unpaired) electrons. The molecule has 1 rings (SSSR count). The van der Waals surface area contributed by atoms with Crippen LogP contribution in [-0.2, 0) is 0 Å². The van der Waals surface area contributed by atoms with Gasteiger partial charge in [0, 0.05) is 17.9 Å². The Morgan fingerprint density at radius 2 is 1.94 bits per heavy atom. The van der Waals surface area contributed by atoms with E-state index in [-0.39, 0.29) is 0 Å². The number of benzene rings is 1. The number of anilines is 2. The third-order valence-corrected chi connectivity index (χ3v) is 3.17. The van der Waals surface area contributed by atoms with Crippen LogP contribution in [0.15, 0.2) is 18.2 Å². The standard InChI is InChI=1S/C13H22N2O/c1-4-13(16,5-2)9-15-12-7-6-11(14)8-10(12)3/h6-8,15-16H,4-5,9,14H2,1-3H3. The van der Waals surface area contributed by atoms with Gasteiger partial charge in [0.15, 0.2) is 0 Å². The number of aliphatic hydroxyl groups is 1. The summed E-state index contributed by atoms with van der Waals surface area (Å²) in [6.45, 7) is 6.59. The topological polar surface area (TPSA) is 58.3 Å². The molecule has 0 bridgehead atoms. The number of nitrogens with two attached hydrogens (primary N) is 1. The Kier molecular flexibility index (Phi) is 4.19. The molecule has 0 heterocycles. The summed E-state index contributed by atoms with van der Waals surface area (Å²) in [5, 5.41) is 13.4. The first-order valence-electron chi connectivity index (χ1n) is 5.83. The van der Waals surface area contributed by atoms with Gasteiger partial charge in [-0.1, -0.05) is 13.8 Å². The van der Waals surface area contributed by atoms with Gasteiger partial charge in [-0.25, -0.2) is 0 Å². The van der Waals surface area contributed by atoms with E-state index in [4.69, 9.17) is 5.73 Å². The van der Waals surface area contributed by atoms with Gasteiger partial charge in [0.1, 0.15) is 0 Å². The van der Waals surface area contributed by atoms with Crippen LogP contribution >= 0.6 is 0 Å². The van der Waals surface area contributed by atoms with Crippen LogP contribution in [0.5, 0.6) is 0 Å². The van der Waals surface area contributed by atoms with E-state index in [1.165, 1.54) is 0 Å². The molecular weight excluding hydrogens is 200 g/mol. The SMILES string of the molecule is CCC(O)(CC)CNc1ccc(N)cc1C. The van der Waals surface area contributed by atoms with Crippen molar-refractivity contribution in [2.45, 2.75) is 39.2 Å². The van der Waals surface area contributed by atoms with Crippen molar-refractivity contribution in [2.75, 3.05) is 17.6 Å². The van der Waals surface area contributed by atoms with E-state index in [2.05, 4.69) is 5.32 Å². The van der Waals surface area contributed by atoms with Crippen LogP contribution in [0.3, 0.4) is 0 Å². The molecular formula is C13H22N2O. The molecule has 0 atom stereocenters. The normalized spacial score (nSPS) is 11.5. The predicted molar refractivity (Wildman–Crippen MR) is 69.6 cm³/mol. The van der Waals surface area contributed by atoms with Crippen LogP contribution in [0, 0.1) is 6.92 Å². The molecule has 0 saturated heterocycles. The number of nitrogens with one attached hydrogen (secondary N) is 1. The van der Waals surface area contributed by atoms with Crippen molar-refractivity contribution in [2.24, 2.45) is 0 Å². The molecule has 90 valence electrons. The molecule has 1 aromatic rings. The highest BCUT2D eigenvalue weighted by Crippen LogP contribution is 2.20. The minimum Gasteiger partial charge on any atom is -0.399 e. The predicted octanol–water partition coefficient (Wildman–Crippen LogP) is 2.54. The summed E-state index contributed by atoms with van der Waals surface area (Å²) in [6.07, 6.45) is 1.51. The summed E-state index contributed by atoms with van der Waals surface area (Å²) < 4.78 is 0. The maximum absolute atomic E-state index is 10.1. The smallest absolute Gasteiger partial charge is 0.0814 e. The molecule has 0 aliphatic rings. The number of rotatable bonds is 5. The minimum absolute atomic E-state index is 0.574. The quantitative estimate of drug-likeness (QED) is 0.671. The first-order chi connectivity index (χ1) is 7.50. The fourth-order valence-corrected chi connectivity index (χ4v) is 1.64. The van der Waals surface area contributed by atoms with Crippen LogP contribution in [0.25, 0.3) is 0 Å². The van der Waals surface area contributed by atoms with Crippen LogP contribution in [-0.4, -0.2) is 17.3 Å². The molecule has 4 N–H and O–H groups in total. The van der Waals surface area contributed by atoms with Crippen LogP contribution < -0.4 is 11.1 Å². The lowest BCUT2D eigenvalue weighted by Crippen LogP contribution is -2.35. The second kappa shape index (κ2) is 5.21. The molecule has 0 unspecified atom stereocenters. The molecule has 16 heavy (non-hydrogen) atoms. The maximum atomic E-state index is 10.1. The molecule has 3 nitrogen and oxygen atoms in total. The second-order valence-electron chi connectivity index (χ2n) is 4.36. The van der Waals surface area contributed by atoms with Gasteiger partial charge in [-0.2, -0.15) is 0 Å². The van der Waals surface area contributed by atoms with Crippen LogP contribution in [0.1, 0.15) is 32.3 Å². The highest BCUT2D eigenvalue weighted by molar-refractivity contribution is 5.57. The largest absolute Gasteiger partial charge is 0.399 e. The first-order valence-corrected chi connectivity index (χ1v) is 5.83. The average Bonchev–Trinajstić information content (AvgIpc) is 2.27. The van der Waals surface area contributed by atoms with E-state index >= 15 is 0 Å². The van der Waals surface area contributed by atoms with Gasteiger partial charge in [0.2, 0.25) is 0 Å². The Labute approximate surface area is 97.7 Å². The highest BCUT2D eigenvalue weighted by Gasteiger charge is 2.21. The number of hydrogen-bond acceptors (Lipinski definition) is 3. The monoisotopic (exact) mass is 222 g/mol. The van der Waals surface area contributed by atoms with Gasteiger partial charge in [0.25, 0.3) is 0 Å². The summed E-state index contributed by atoms with van der Waals surface area (Å²) in [6, 6.07) is 5.75. The van der Waals surface area contributed by atoms with Gasteiger partial charge in [0.05, 0.1) is 5.60 Å². The molecule has 0 aliphatic carbocycles. The second-order valence-corrected chi connectivity index (χ2v) is 4.36. The molecule has 3 heteroatoms. The number of aryl methyl sites for hydroxylation is 1. The minimum atomic E-state index is -0.617. The first kappa shape index (κ1) is 12.8. The Morgan fingerprint density at radius 3 is 2.44 bits per heavy atom. The van der Waals surface area contributed by atoms with Gasteiger partial charge < -0.3 is 16.2 Å².